The number of ether oxygens (including phenoxy) is 1. The van der Waals surface area contributed by atoms with E-state index in [0.29, 0.717) is 15.2 Å². The molecule has 0 aliphatic carbocycles. The number of methoxy groups -OCH3 is 1. The second-order valence-electron chi connectivity index (χ2n) is 4.51. The molecule has 0 saturated carbocycles. The Morgan fingerprint density at radius 3 is 2.62 bits per heavy atom. The first kappa shape index (κ1) is 18.6. The van der Waals surface area contributed by atoms with Crippen molar-refractivity contribution in [2.45, 2.75) is 15.2 Å². The van der Waals surface area contributed by atoms with Gasteiger partial charge >= 0.3 is 0 Å². The summed E-state index contributed by atoms with van der Waals surface area (Å²) in [5, 5.41) is 10.7. The number of benzene rings is 1. The van der Waals surface area contributed by atoms with Crippen molar-refractivity contribution in [2.24, 2.45) is 5.73 Å². The zero-order valence-electron chi connectivity index (χ0n) is 12.9. The Kier molecular flexibility index (Phi) is 7.35. The van der Waals surface area contributed by atoms with Gasteiger partial charge in [-0.15, -0.1) is 10.2 Å². The average Bonchev–Trinajstić information content (AvgIpc) is 3.04. The topological polar surface area (TPSA) is 107 Å². The van der Waals surface area contributed by atoms with Crippen LogP contribution in [-0.4, -0.2) is 40.6 Å². The van der Waals surface area contributed by atoms with E-state index in [1.165, 1.54) is 34.9 Å². The van der Waals surface area contributed by atoms with Crippen molar-refractivity contribution in [1.82, 2.24) is 15.5 Å². The lowest BCUT2D eigenvalue weighted by atomic mass is 10.2. The summed E-state index contributed by atoms with van der Waals surface area (Å²) < 4.78 is 6.48. The minimum absolute atomic E-state index is 0.0932. The maximum absolute atomic E-state index is 11.9. The van der Waals surface area contributed by atoms with Crippen LogP contribution in [0.1, 0.15) is 5.56 Å². The Balaban J connectivity index is 1.73. The normalized spacial score (nSPS) is 10.4. The largest absolute Gasteiger partial charge is 0.497 e. The molecule has 0 aliphatic rings. The number of rotatable bonds is 9. The summed E-state index contributed by atoms with van der Waals surface area (Å²) in [7, 11) is 1.60. The average molecular weight is 385 g/mol. The molecule has 1 heterocycles. The molecule has 0 fully saturated rings. The molecule has 2 amide bonds. The molecule has 128 valence electrons. The van der Waals surface area contributed by atoms with Crippen LogP contribution < -0.4 is 15.8 Å². The molecule has 0 atom stereocenters. The quantitative estimate of drug-likeness (QED) is 0.631. The summed E-state index contributed by atoms with van der Waals surface area (Å²) in [6.45, 7) is 0.437. The number of nitrogens with one attached hydrogen (secondary N) is 1. The number of primary amides is 1. The predicted octanol–water partition coefficient (Wildman–Crippen LogP) is 1.53. The molecule has 0 aliphatic heterocycles. The number of nitrogens with zero attached hydrogens (tertiary/aromatic N) is 2. The maximum atomic E-state index is 11.9. The molecule has 24 heavy (non-hydrogen) atoms. The second-order valence-corrected chi connectivity index (χ2v) is 7.93. The van der Waals surface area contributed by atoms with Crippen LogP contribution in [0.4, 0.5) is 0 Å². The molecule has 0 saturated heterocycles. The summed E-state index contributed by atoms with van der Waals surface area (Å²) in [6, 6.07) is 7.52. The Morgan fingerprint density at radius 2 is 1.96 bits per heavy atom. The Bertz CT molecular complexity index is 708. The lowest BCUT2D eigenvalue weighted by Crippen LogP contribution is -2.24. The fourth-order valence-corrected chi connectivity index (χ4v) is 4.20. The number of hydrogen-bond donors (Lipinski definition) is 2. The van der Waals surface area contributed by atoms with Crippen molar-refractivity contribution in [3.63, 3.8) is 0 Å². The van der Waals surface area contributed by atoms with Gasteiger partial charge in [-0.3, -0.25) is 9.59 Å². The highest BCUT2D eigenvalue weighted by molar-refractivity contribution is 8.03. The van der Waals surface area contributed by atoms with Gasteiger partial charge in [0.15, 0.2) is 8.68 Å². The highest BCUT2D eigenvalue weighted by Crippen LogP contribution is 2.28. The number of carbonyl (C=O) groups excluding carboxylic acids is 2. The van der Waals surface area contributed by atoms with E-state index >= 15 is 0 Å². The van der Waals surface area contributed by atoms with Crippen LogP contribution in [0.2, 0.25) is 0 Å². The van der Waals surface area contributed by atoms with Gasteiger partial charge in [0.1, 0.15) is 5.75 Å². The molecule has 0 unspecified atom stereocenters. The van der Waals surface area contributed by atoms with Gasteiger partial charge in [-0.05, 0) is 17.7 Å². The highest BCUT2D eigenvalue weighted by atomic mass is 32.2. The minimum atomic E-state index is -0.402. The summed E-state index contributed by atoms with van der Waals surface area (Å²) >= 11 is 3.88. The van der Waals surface area contributed by atoms with E-state index in [4.69, 9.17) is 10.5 Å². The lowest BCUT2D eigenvalue weighted by Gasteiger charge is -2.06. The van der Waals surface area contributed by atoms with Crippen LogP contribution in [0.3, 0.4) is 0 Å². The molecular weight excluding hydrogens is 368 g/mol. The molecule has 7 nitrogen and oxygen atoms in total. The zero-order chi connectivity index (χ0) is 17.4. The van der Waals surface area contributed by atoms with Crippen LogP contribution in [0.5, 0.6) is 5.75 Å². The minimum Gasteiger partial charge on any atom is -0.497 e. The molecule has 10 heteroatoms. The standard InChI is InChI=1S/C14H16N4O3S3/c1-21-10-4-2-3-9(5-10)6-16-12(20)8-23-14-18-17-13(24-14)22-7-11(15)19/h2-5H,6-8H2,1H3,(H2,15,19)(H,16,20). The van der Waals surface area contributed by atoms with E-state index in [9.17, 15) is 9.59 Å². The SMILES string of the molecule is COc1cccc(CNC(=O)CSc2nnc(SCC(N)=O)s2)c1. The predicted molar refractivity (Wildman–Crippen MR) is 95.4 cm³/mol. The van der Waals surface area contributed by atoms with Gasteiger partial charge in [0.25, 0.3) is 0 Å². The van der Waals surface area contributed by atoms with Crippen LogP contribution >= 0.6 is 34.9 Å². The molecule has 0 spiro atoms. The maximum Gasteiger partial charge on any atom is 0.230 e. The van der Waals surface area contributed by atoms with Gasteiger partial charge in [-0.2, -0.15) is 0 Å². The third-order valence-corrected chi connectivity index (χ3v) is 5.89. The van der Waals surface area contributed by atoms with E-state index in [2.05, 4.69) is 15.5 Å². The van der Waals surface area contributed by atoms with Crippen molar-refractivity contribution in [3.05, 3.63) is 29.8 Å². The van der Waals surface area contributed by atoms with Crippen molar-refractivity contribution >= 4 is 46.7 Å². The smallest absolute Gasteiger partial charge is 0.230 e. The van der Waals surface area contributed by atoms with E-state index in [1.54, 1.807) is 7.11 Å². The first-order valence-electron chi connectivity index (χ1n) is 6.84. The van der Waals surface area contributed by atoms with Crippen molar-refractivity contribution in [3.8, 4) is 5.75 Å². The van der Waals surface area contributed by atoms with Crippen LogP contribution in [0, 0.1) is 0 Å². The molecule has 3 N–H and O–H groups in total. The Morgan fingerprint density at radius 1 is 1.25 bits per heavy atom. The monoisotopic (exact) mass is 384 g/mol. The van der Waals surface area contributed by atoms with Gasteiger partial charge in [-0.1, -0.05) is 47.0 Å². The van der Waals surface area contributed by atoms with Crippen molar-refractivity contribution in [1.29, 1.82) is 0 Å². The van der Waals surface area contributed by atoms with E-state index in [0.717, 1.165) is 11.3 Å². The van der Waals surface area contributed by atoms with Gasteiger partial charge < -0.3 is 15.8 Å². The van der Waals surface area contributed by atoms with Gasteiger partial charge in [0.2, 0.25) is 11.8 Å². The summed E-state index contributed by atoms with van der Waals surface area (Å²) in [4.78, 5) is 22.6. The number of carbonyl (C=O) groups is 2. The van der Waals surface area contributed by atoms with E-state index in [1.807, 2.05) is 24.3 Å². The van der Waals surface area contributed by atoms with Gasteiger partial charge in [0.05, 0.1) is 18.6 Å². The molecule has 0 radical (unpaired) electrons. The first-order valence-corrected chi connectivity index (χ1v) is 9.62. The second kappa shape index (κ2) is 9.50. The van der Waals surface area contributed by atoms with Crippen molar-refractivity contribution in [2.75, 3.05) is 18.6 Å². The number of amides is 2. The fraction of sp³-hybridized carbons (Fsp3) is 0.286. The molecular formula is C14H16N4O3S3. The van der Waals surface area contributed by atoms with Crippen LogP contribution in [-0.2, 0) is 16.1 Å². The number of thioether (sulfide) groups is 2. The molecule has 2 rings (SSSR count). The summed E-state index contributed by atoms with van der Waals surface area (Å²) in [6.07, 6.45) is 0. The number of hydrogen-bond acceptors (Lipinski definition) is 8. The van der Waals surface area contributed by atoms with Crippen molar-refractivity contribution < 1.29 is 14.3 Å². The fourth-order valence-electron chi connectivity index (χ4n) is 1.61. The van der Waals surface area contributed by atoms with Gasteiger partial charge in [0, 0.05) is 6.54 Å². The van der Waals surface area contributed by atoms with Crippen LogP contribution in [0.15, 0.2) is 32.9 Å². The first-order chi connectivity index (χ1) is 11.6. The molecule has 1 aromatic heterocycles. The number of aromatic nitrogens is 2. The zero-order valence-corrected chi connectivity index (χ0v) is 15.3. The van der Waals surface area contributed by atoms with Crippen LogP contribution in [0.25, 0.3) is 0 Å². The molecule has 2 aromatic rings. The number of nitrogens with two attached hydrogens (primary N) is 1. The Labute approximate surface area is 151 Å². The summed E-state index contributed by atoms with van der Waals surface area (Å²) in [5.74, 6) is 0.677. The third kappa shape index (κ3) is 6.38. The molecule has 1 aromatic carbocycles. The van der Waals surface area contributed by atoms with E-state index in [-0.39, 0.29) is 17.4 Å². The lowest BCUT2D eigenvalue weighted by molar-refractivity contribution is -0.118. The van der Waals surface area contributed by atoms with Gasteiger partial charge in [-0.25, -0.2) is 0 Å². The highest BCUT2D eigenvalue weighted by Gasteiger charge is 2.09. The Hall–Kier alpha value is -1.78. The summed E-state index contributed by atoms with van der Waals surface area (Å²) in [5.41, 5.74) is 6.04. The van der Waals surface area contributed by atoms with E-state index < -0.39 is 5.91 Å². The molecule has 0 bridgehead atoms. The third-order valence-electron chi connectivity index (χ3n) is 2.68.